The predicted molar refractivity (Wildman–Crippen MR) is 50.9 cm³/mol. The summed E-state index contributed by atoms with van der Waals surface area (Å²) in [6.07, 6.45) is 3.28. The van der Waals surface area contributed by atoms with Gasteiger partial charge in [0.15, 0.2) is 5.69 Å². The Morgan fingerprint density at radius 2 is 2.29 bits per heavy atom. The highest BCUT2D eigenvalue weighted by Gasteiger charge is 2.07. The van der Waals surface area contributed by atoms with E-state index in [0.717, 1.165) is 10.9 Å². The van der Waals surface area contributed by atoms with E-state index in [2.05, 4.69) is 14.7 Å². The Hall–Kier alpha value is -1.97. The van der Waals surface area contributed by atoms with Crippen LogP contribution in [0.3, 0.4) is 0 Å². The van der Waals surface area contributed by atoms with Gasteiger partial charge in [-0.05, 0) is 18.2 Å². The number of fused-ring (bicyclic) bond motifs is 1. The van der Waals surface area contributed by atoms with E-state index in [1.807, 2.05) is 12.1 Å². The molecule has 2 heterocycles. The zero-order chi connectivity index (χ0) is 9.97. The Bertz CT molecular complexity index is 482. The van der Waals surface area contributed by atoms with E-state index in [-0.39, 0.29) is 5.69 Å². The van der Waals surface area contributed by atoms with Gasteiger partial charge in [-0.2, -0.15) is 0 Å². The fourth-order valence-electron chi connectivity index (χ4n) is 1.18. The Labute approximate surface area is 80.6 Å². The molecular weight excluding hydrogens is 180 g/mol. The standard InChI is InChI=1S/C10H8N2O2/c1-14-10(13)9-5-8-7(6-12-9)3-2-4-11-8/h2-6H,1H3. The first-order valence-electron chi connectivity index (χ1n) is 4.10. The van der Waals surface area contributed by atoms with Gasteiger partial charge in [-0.1, -0.05) is 0 Å². The van der Waals surface area contributed by atoms with Crippen LogP contribution in [0.15, 0.2) is 30.6 Å². The molecule has 70 valence electrons. The molecule has 0 saturated heterocycles. The average molecular weight is 188 g/mol. The van der Waals surface area contributed by atoms with Gasteiger partial charge in [0.25, 0.3) is 0 Å². The third-order valence-corrected chi connectivity index (χ3v) is 1.88. The van der Waals surface area contributed by atoms with Crippen molar-refractivity contribution in [2.45, 2.75) is 0 Å². The molecule has 2 aromatic rings. The number of methoxy groups -OCH3 is 1. The number of carbonyl (C=O) groups excluding carboxylic acids is 1. The highest BCUT2D eigenvalue weighted by molar-refractivity contribution is 5.91. The van der Waals surface area contributed by atoms with Crippen molar-refractivity contribution in [3.63, 3.8) is 0 Å². The zero-order valence-electron chi connectivity index (χ0n) is 7.60. The predicted octanol–water partition coefficient (Wildman–Crippen LogP) is 1.42. The third kappa shape index (κ3) is 1.42. The van der Waals surface area contributed by atoms with Crippen LogP contribution in [0.1, 0.15) is 10.5 Å². The lowest BCUT2D eigenvalue weighted by Gasteiger charge is -1.99. The largest absolute Gasteiger partial charge is 0.464 e. The summed E-state index contributed by atoms with van der Waals surface area (Å²) in [7, 11) is 1.33. The van der Waals surface area contributed by atoms with Crippen LogP contribution in [0.2, 0.25) is 0 Å². The summed E-state index contributed by atoms with van der Waals surface area (Å²) in [6.45, 7) is 0. The number of esters is 1. The van der Waals surface area contributed by atoms with Crippen molar-refractivity contribution < 1.29 is 9.53 Å². The van der Waals surface area contributed by atoms with Crippen molar-refractivity contribution in [2.75, 3.05) is 7.11 Å². The smallest absolute Gasteiger partial charge is 0.356 e. The van der Waals surface area contributed by atoms with E-state index in [1.54, 1.807) is 18.5 Å². The molecule has 0 radical (unpaired) electrons. The number of hydrogen-bond acceptors (Lipinski definition) is 4. The number of ether oxygens (including phenoxy) is 1. The summed E-state index contributed by atoms with van der Waals surface area (Å²) < 4.78 is 4.56. The topological polar surface area (TPSA) is 52.1 Å². The molecule has 0 spiro atoms. The van der Waals surface area contributed by atoms with Crippen LogP contribution in [0, 0.1) is 0 Å². The molecule has 0 fully saturated rings. The second-order valence-corrected chi connectivity index (χ2v) is 2.76. The molecule has 2 aromatic heterocycles. The summed E-state index contributed by atoms with van der Waals surface area (Å²) in [4.78, 5) is 19.2. The van der Waals surface area contributed by atoms with E-state index >= 15 is 0 Å². The van der Waals surface area contributed by atoms with E-state index in [0.29, 0.717) is 0 Å². The van der Waals surface area contributed by atoms with Crippen molar-refractivity contribution >= 4 is 16.9 Å². The molecule has 4 nitrogen and oxygen atoms in total. The lowest BCUT2D eigenvalue weighted by atomic mass is 10.2. The first-order chi connectivity index (χ1) is 6.81. The number of hydrogen-bond donors (Lipinski definition) is 0. The SMILES string of the molecule is COC(=O)c1cc2ncccc2cn1. The van der Waals surface area contributed by atoms with Gasteiger partial charge < -0.3 is 4.74 Å². The van der Waals surface area contributed by atoms with Gasteiger partial charge in [0.05, 0.1) is 12.6 Å². The first kappa shape index (κ1) is 8.62. The molecule has 14 heavy (non-hydrogen) atoms. The minimum atomic E-state index is -0.447. The van der Waals surface area contributed by atoms with Crippen LogP contribution in [0.4, 0.5) is 0 Å². The monoisotopic (exact) mass is 188 g/mol. The van der Waals surface area contributed by atoms with E-state index in [1.165, 1.54) is 7.11 Å². The Kier molecular flexibility index (Phi) is 2.10. The zero-order valence-corrected chi connectivity index (χ0v) is 7.60. The van der Waals surface area contributed by atoms with E-state index < -0.39 is 5.97 Å². The Balaban J connectivity index is 2.56. The van der Waals surface area contributed by atoms with Crippen molar-refractivity contribution in [3.05, 3.63) is 36.3 Å². The fraction of sp³-hybridized carbons (Fsp3) is 0.100. The maximum absolute atomic E-state index is 11.1. The molecule has 4 heteroatoms. The lowest BCUT2D eigenvalue weighted by Crippen LogP contribution is -2.03. The summed E-state index contributed by atoms with van der Waals surface area (Å²) in [5.41, 5.74) is 1.02. The van der Waals surface area contributed by atoms with Crippen LogP contribution in [0.5, 0.6) is 0 Å². The number of carbonyl (C=O) groups is 1. The summed E-state index contributed by atoms with van der Waals surface area (Å²) in [5.74, 6) is -0.447. The van der Waals surface area contributed by atoms with Crippen molar-refractivity contribution in [3.8, 4) is 0 Å². The van der Waals surface area contributed by atoms with Crippen molar-refractivity contribution in [1.29, 1.82) is 0 Å². The molecule has 2 rings (SSSR count). The average Bonchev–Trinajstić information content (AvgIpc) is 2.27. The number of pyridine rings is 2. The van der Waals surface area contributed by atoms with Gasteiger partial charge in [-0.25, -0.2) is 9.78 Å². The van der Waals surface area contributed by atoms with Crippen LogP contribution >= 0.6 is 0 Å². The van der Waals surface area contributed by atoms with Crippen LogP contribution in [-0.4, -0.2) is 23.0 Å². The fourth-order valence-corrected chi connectivity index (χ4v) is 1.18. The molecular formula is C10H8N2O2. The van der Waals surface area contributed by atoms with Gasteiger partial charge in [0.1, 0.15) is 0 Å². The number of aromatic nitrogens is 2. The molecule has 0 atom stereocenters. The van der Waals surface area contributed by atoms with Gasteiger partial charge in [0.2, 0.25) is 0 Å². The molecule has 0 unspecified atom stereocenters. The summed E-state index contributed by atoms with van der Waals surface area (Å²) >= 11 is 0. The molecule has 0 saturated carbocycles. The van der Waals surface area contributed by atoms with Crippen LogP contribution in [0.25, 0.3) is 10.9 Å². The molecule has 0 bridgehead atoms. The highest BCUT2D eigenvalue weighted by atomic mass is 16.5. The molecule has 0 amide bonds. The number of nitrogens with zero attached hydrogens (tertiary/aromatic N) is 2. The molecule has 0 aliphatic heterocycles. The number of rotatable bonds is 1. The molecule has 0 aliphatic carbocycles. The third-order valence-electron chi connectivity index (χ3n) is 1.88. The maximum Gasteiger partial charge on any atom is 0.356 e. The van der Waals surface area contributed by atoms with E-state index in [9.17, 15) is 4.79 Å². The van der Waals surface area contributed by atoms with Crippen molar-refractivity contribution in [2.24, 2.45) is 0 Å². The summed E-state index contributed by atoms with van der Waals surface area (Å²) in [6, 6.07) is 5.32. The van der Waals surface area contributed by atoms with Gasteiger partial charge in [-0.15, -0.1) is 0 Å². The van der Waals surface area contributed by atoms with Crippen molar-refractivity contribution in [1.82, 2.24) is 9.97 Å². The highest BCUT2D eigenvalue weighted by Crippen LogP contribution is 2.10. The van der Waals surface area contributed by atoms with Crippen LogP contribution in [-0.2, 0) is 4.74 Å². The quantitative estimate of drug-likeness (QED) is 0.635. The van der Waals surface area contributed by atoms with Gasteiger partial charge >= 0.3 is 5.97 Å². The molecule has 0 aromatic carbocycles. The Morgan fingerprint density at radius 1 is 1.43 bits per heavy atom. The minimum absolute atomic E-state index is 0.277. The van der Waals surface area contributed by atoms with Gasteiger partial charge in [-0.3, -0.25) is 4.98 Å². The minimum Gasteiger partial charge on any atom is -0.464 e. The maximum atomic E-state index is 11.1. The van der Waals surface area contributed by atoms with E-state index in [4.69, 9.17) is 0 Å². The molecule has 0 aliphatic rings. The van der Waals surface area contributed by atoms with Crippen LogP contribution < -0.4 is 0 Å². The second kappa shape index (κ2) is 3.41. The Morgan fingerprint density at radius 3 is 3.07 bits per heavy atom. The lowest BCUT2D eigenvalue weighted by molar-refractivity contribution is 0.0594. The van der Waals surface area contributed by atoms with Gasteiger partial charge in [0, 0.05) is 17.8 Å². The normalized spacial score (nSPS) is 10.1. The second-order valence-electron chi connectivity index (χ2n) is 2.76. The molecule has 0 N–H and O–H groups in total. The summed E-state index contributed by atoms with van der Waals surface area (Å²) in [5, 5.41) is 0.903. The first-order valence-corrected chi connectivity index (χ1v) is 4.10.